The van der Waals surface area contributed by atoms with E-state index in [1.54, 1.807) is 0 Å². The predicted octanol–water partition coefficient (Wildman–Crippen LogP) is 4.07. The molecule has 3 heteroatoms. The molecule has 0 bridgehead atoms. The van der Waals surface area contributed by atoms with E-state index in [4.69, 9.17) is 4.74 Å². The first-order valence-corrected chi connectivity index (χ1v) is 7.47. The Hall–Kier alpha value is -2.29. The number of aromatic nitrogens is 2. The van der Waals surface area contributed by atoms with Crippen LogP contribution in [-0.4, -0.2) is 16.2 Å². The first kappa shape index (κ1) is 13.7. The van der Waals surface area contributed by atoms with Crippen LogP contribution in [0, 0.1) is 0 Å². The van der Waals surface area contributed by atoms with Crippen molar-refractivity contribution in [3.05, 3.63) is 60.6 Å². The summed E-state index contributed by atoms with van der Waals surface area (Å²) in [6.07, 6.45) is 7.91. The zero-order chi connectivity index (χ0) is 14.5. The highest BCUT2D eigenvalue weighted by molar-refractivity contribution is 5.81. The van der Waals surface area contributed by atoms with Gasteiger partial charge in [-0.15, -0.1) is 0 Å². The number of nitrogens with zero attached hydrogens (tertiary/aromatic N) is 2. The van der Waals surface area contributed by atoms with E-state index in [9.17, 15) is 0 Å². The predicted molar refractivity (Wildman–Crippen MR) is 85.7 cm³/mol. The Balaban J connectivity index is 1.74. The smallest absolute Gasteiger partial charge is 0.120 e. The van der Waals surface area contributed by atoms with Gasteiger partial charge in [-0.05, 0) is 48.7 Å². The van der Waals surface area contributed by atoms with Gasteiger partial charge in [-0.2, -0.15) is 0 Å². The Kier molecular flexibility index (Phi) is 4.20. The summed E-state index contributed by atoms with van der Waals surface area (Å²) in [4.78, 5) is 4.16. The molecule has 1 aromatic carbocycles. The molecule has 0 saturated heterocycles. The fraction of sp³-hybridized carbons (Fsp3) is 0.278. The number of hydrogen-bond donors (Lipinski definition) is 0. The lowest BCUT2D eigenvalue weighted by molar-refractivity contribution is 0.318. The maximum absolute atomic E-state index is 5.68. The van der Waals surface area contributed by atoms with Crippen molar-refractivity contribution in [2.45, 2.75) is 26.3 Å². The van der Waals surface area contributed by atoms with E-state index >= 15 is 0 Å². The number of ether oxygens (including phenoxy) is 1. The van der Waals surface area contributed by atoms with Crippen molar-refractivity contribution in [3.63, 3.8) is 0 Å². The maximum atomic E-state index is 5.68. The zero-order valence-electron chi connectivity index (χ0n) is 12.3. The van der Waals surface area contributed by atoms with Gasteiger partial charge in [-0.3, -0.25) is 4.98 Å². The van der Waals surface area contributed by atoms with Crippen molar-refractivity contribution < 1.29 is 4.74 Å². The average Bonchev–Trinajstić information content (AvgIpc) is 2.94. The van der Waals surface area contributed by atoms with Gasteiger partial charge < -0.3 is 9.30 Å². The minimum Gasteiger partial charge on any atom is -0.494 e. The number of fused-ring (bicyclic) bond motifs is 1. The quantitative estimate of drug-likeness (QED) is 0.680. The van der Waals surface area contributed by atoms with Crippen LogP contribution >= 0.6 is 0 Å². The van der Waals surface area contributed by atoms with Crippen LogP contribution in [0.4, 0.5) is 0 Å². The standard InChI is InChI=1S/C18H20N2O/c1-2-12-21-17-5-6-18-16(13-17)8-11-20(18)10-7-15-4-3-9-19-14-15/h3-6,8-9,11,13-14H,2,7,10,12H2,1H3. The summed E-state index contributed by atoms with van der Waals surface area (Å²) in [5.41, 5.74) is 2.52. The minimum absolute atomic E-state index is 0.771. The maximum Gasteiger partial charge on any atom is 0.120 e. The molecule has 3 aromatic rings. The number of pyridine rings is 1. The summed E-state index contributed by atoms with van der Waals surface area (Å²) in [6.45, 7) is 3.85. The second-order valence-corrected chi connectivity index (χ2v) is 5.19. The Morgan fingerprint density at radius 3 is 2.95 bits per heavy atom. The van der Waals surface area contributed by atoms with Gasteiger partial charge in [-0.25, -0.2) is 0 Å². The molecule has 21 heavy (non-hydrogen) atoms. The molecule has 0 radical (unpaired) electrons. The van der Waals surface area contributed by atoms with Crippen molar-refractivity contribution in [3.8, 4) is 5.75 Å². The molecule has 108 valence electrons. The van der Waals surface area contributed by atoms with Gasteiger partial charge >= 0.3 is 0 Å². The minimum atomic E-state index is 0.771. The zero-order valence-corrected chi connectivity index (χ0v) is 12.3. The van der Waals surface area contributed by atoms with E-state index in [1.807, 2.05) is 18.5 Å². The third-order valence-corrected chi connectivity index (χ3v) is 3.58. The summed E-state index contributed by atoms with van der Waals surface area (Å²) in [7, 11) is 0. The van der Waals surface area contributed by atoms with Crippen molar-refractivity contribution in [2.24, 2.45) is 0 Å². The van der Waals surface area contributed by atoms with Gasteiger partial charge in [0.15, 0.2) is 0 Å². The van der Waals surface area contributed by atoms with E-state index in [2.05, 4.69) is 53.0 Å². The van der Waals surface area contributed by atoms with E-state index < -0.39 is 0 Å². The molecule has 0 atom stereocenters. The van der Waals surface area contributed by atoms with Crippen molar-refractivity contribution in [1.82, 2.24) is 9.55 Å². The molecular formula is C18H20N2O. The van der Waals surface area contributed by atoms with Crippen LogP contribution in [-0.2, 0) is 13.0 Å². The number of hydrogen-bond acceptors (Lipinski definition) is 2. The number of aryl methyl sites for hydroxylation is 2. The fourth-order valence-electron chi connectivity index (χ4n) is 2.48. The summed E-state index contributed by atoms with van der Waals surface area (Å²) >= 11 is 0. The van der Waals surface area contributed by atoms with E-state index in [-0.39, 0.29) is 0 Å². The van der Waals surface area contributed by atoms with Gasteiger partial charge in [0, 0.05) is 36.0 Å². The lowest BCUT2D eigenvalue weighted by Crippen LogP contribution is -2.00. The van der Waals surface area contributed by atoms with Gasteiger partial charge in [0.1, 0.15) is 5.75 Å². The third-order valence-electron chi connectivity index (χ3n) is 3.58. The van der Waals surface area contributed by atoms with Crippen molar-refractivity contribution in [1.29, 1.82) is 0 Å². The van der Waals surface area contributed by atoms with E-state index in [1.165, 1.54) is 16.5 Å². The summed E-state index contributed by atoms with van der Waals surface area (Å²) in [5.74, 6) is 0.953. The molecule has 2 aromatic heterocycles. The fourth-order valence-corrected chi connectivity index (χ4v) is 2.48. The van der Waals surface area contributed by atoms with Gasteiger partial charge in [0.25, 0.3) is 0 Å². The summed E-state index contributed by atoms with van der Waals surface area (Å²) < 4.78 is 7.97. The summed E-state index contributed by atoms with van der Waals surface area (Å²) in [5, 5.41) is 1.23. The molecule has 0 fully saturated rings. The highest BCUT2D eigenvalue weighted by atomic mass is 16.5. The molecule has 0 spiro atoms. The first-order valence-electron chi connectivity index (χ1n) is 7.47. The van der Waals surface area contributed by atoms with E-state index in [0.29, 0.717) is 0 Å². The van der Waals surface area contributed by atoms with E-state index in [0.717, 1.165) is 31.7 Å². The second kappa shape index (κ2) is 6.44. The topological polar surface area (TPSA) is 27.1 Å². The van der Waals surface area contributed by atoms with Gasteiger partial charge in [-0.1, -0.05) is 13.0 Å². The molecule has 0 unspecified atom stereocenters. The molecule has 0 aliphatic rings. The average molecular weight is 280 g/mol. The molecule has 0 N–H and O–H groups in total. The second-order valence-electron chi connectivity index (χ2n) is 5.19. The molecule has 2 heterocycles. The monoisotopic (exact) mass is 280 g/mol. The Morgan fingerprint density at radius 2 is 2.14 bits per heavy atom. The van der Waals surface area contributed by atoms with Gasteiger partial charge in [0.05, 0.1) is 6.61 Å². The lowest BCUT2D eigenvalue weighted by atomic mass is 10.2. The van der Waals surface area contributed by atoms with Crippen molar-refractivity contribution >= 4 is 10.9 Å². The Labute approximate surface area is 125 Å². The highest BCUT2D eigenvalue weighted by Gasteiger charge is 2.03. The first-order chi connectivity index (χ1) is 10.4. The van der Waals surface area contributed by atoms with Crippen molar-refractivity contribution in [2.75, 3.05) is 6.61 Å². The molecular weight excluding hydrogens is 260 g/mol. The van der Waals surface area contributed by atoms with Crippen LogP contribution in [0.25, 0.3) is 10.9 Å². The highest BCUT2D eigenvalue weighted by Crippen LogP contribution is 2.22. The van der Waals surface area contributed by atoms with Gasteiger partial charge in [0.2, 0.25) is 0 Å². The number of rotatable bonds is 6. The molecule has 3 rings (SSSR count). The Morgan fingerprint density at radius 1 is 1.19 bits per heavy atom. The SMILES string of the molecule is CCCOc1ccc2c(ccn2CCc2cccnc2)c1. The Bertz CT molecular complexity index is 704. The summed E-state index contributed by atoms with van der Waals surface area (Å²) in [6, 6.07) is 12.6. The van der Waals surface area contributed by atoms with Crippen LogP contribution in [0.1, 0.15) is 18.9 Å². The number of benzene rings is 1. The molecule has 0 aliphatic heterocycles. The lowest BCUT2D eigenvalue weighted by Gasteiger charge is -2.07. The normalized spacial score (nSPS) is 10.9. The van der Waals surface area contributed by atoms with Crippen LogP contribution in [0.2, 0.25) is 0 Å². The molecule has 3 nitrogen and oxygen atoms in total. The van der Waals surface area contributed by atoms with Crippen LogP contribution in [0.3, 0.4) is 0 Å². The molecule has 0 saturated carbocycles. The van der Waals surface area contributed by atoms with Crippen LogP contribution in [0.15, 0.2) is 55.0 Å². The molecule has 0 aliphatic carbocycles. The molecule has 0 amide bonds. The third kappa shape index (κ3) is 3.24. The van der Waals surface area contributed by atoms with Crippen LogP contribution < -0.4 is 4.74 Å². The van der Waals surface area contributed by atoms with Crippen LogP contribution in [0.5, 0.6) is 5.75 Å². The largest absolute Gasteiger partial charge is 0.494 e.